The number of likely N-dealkylation sites (tertiary alicyclic amines) is 1. The third-order valence-electron chi connectivity index (χ3n) is 4.45. The predicted molar refractivity (Wildman–Crippen MR) is 108 cm³/mol. The summed E-state index contributed by atoms with van der Waals surface area (Å²) in [6.07, 6.45) is 2.24. The number of carbonyl (C=O) groups is 1. The molecule has 1 fully saturated rings. The summed E-state index contributed by atoms with van der Waals surface area (Å²) in [4.78, 5) is 18.7. The zero-order valence-electron chi connectivity index (χ0n) is 17.0. The van der Waals surface area contributed by atoms with E-state index in [1.807, 2.05) is 34.9 Å². The van der Waals surface area contributed by atoms with Gasteiger partial charge in [-0.25, -0.2) is 9.18 Å². The molecule has 5 nitrogen and oxygen atoms in total. The Bertz CT molecular complexity index is 649. The molecule has 1 aromatic carbocycles. The van der Waals surface area contributed by atoms with E-state index in [0.717, 1.165) is 38.0 Å². The van der Waals surface area contributed by atoms with Gasteiger partial charge in [0.1, 0.15) is 17.6 Å². The first kappa shape index (κ1) is 21.8. The van der Waals surface area contributed by atoms with E-state index >= 15 is 0 Å². The molecule has 0 N–H and O–H groups in total. The summed E-state index contributed by atoms with van der Waals surface area (Å²) < 4.78 is 19.2. The molecule has 0 unspecified atom stereocenters. The van der Waals surface area contributed by atoms with Crippen LogP contribution in [0.5, 0.6) is 0 Å². The van der Waals surface area contributed by atoms with Crippen LogP contribution in [0.25, 0.3) is 0 Å². The number of nitrogens with zero attached hydrogens (tertiary/aromatic N) is 3. The molecule has 1 aromatic rings. The monoisotopic (exact) mass is 399 g/mol. The van der Waals surface area contributed by atoms with Gasteiger partial charge in [0.05, 0.1) is 5.02 Å². The fourth-order valence-electron chi connectivity index (χ4n) is 3.28. The molecule has 1 heterocycles. The number of carbonyl (C=O) groups excluding carboxylic acids is 1. The molecule has 7 heteroatoms. The summed E-state index contributed by atoms with van der Waals surface area (Å²) in [5.41, 5.74) is 0.278. The lowest BCUT2D eigenvalue weighted by molar-refractivity contribution is 0.0223. The Kier molecular flexibility index (Phi) is 7.34. The first-order valence-corrected chi connectivity index (χ1v) is 9.82. The Morgan fingerprint density at radius 3 is 2.63 bits per heavy atom. The Hall–Kier alpha value is -1.53. The number of hydrogen-bond donors (Lipinski definition) is 0. The number of anilines is 1. The predicted octanol–water partition coefficient (Wildman–Crippen LogP) is 4.59. The highest BCUT2D eigenvalue weighted by molar-refractivity contribution is 6.31. The molecule has 2 rings (SSSR count). The Morgan fingerprint density at radius 1 is 1.33 bits per heavy atom. The summed E-state index contributed by atoms with van der Waals surface area (Å²) in [6, 6.07) is 4.74. The van der Waals surface area contributed by atoms with Crippen LogP contribution in [0.4, 0.5) is 14.9 Å². The van der Waals surface area contributed by atoms with Crippen LogP contribution in [0, 0.1) is 5.82 Å². The number of rotatable bonds is 6. The third-order valence-corrected chi connectivity index (χ3v) is 4.74. The summed E-state index contributed by atoms with van der Waals surface area (Å²) in [7, 11) is 4.06. The molecule has 1 saturated heterocycles. The Balaban J connectivity index is 2.24. The van der Waals surface area contributed by atoms with Crippen LogP contribution in [-0.4, -0.2) is 61.4 Å². The minimum absolute atomic E-state index is 0.0897. The standard InChI is InChI=1S/C20H31ClFN3O2/c1-20(2,3)27-19(26)25-12-6-8-18(25)24(13-7-11-23(4)5)15-9-10-17(22)16(21)14-15/h9-10,14,18H,6-8,11-13H2,1-5H3/t18-/m0/s1. The van der Waals surface area contributed by atoms with Gasteiger partial charge in [0.15, 0.2) is 0 Å². The third kappa shape index (κ3) is 6.25. The van der Waals surface area contributed by atoms with Gasteiger partial charge >= 0.3 is 6.09 Å². The average molecular weight is 400 g/mol. The lowest BCUT2D eigenvalue weighted by atomic mass is 10.2. The van der Waals surface area contributed by atoms with E-state index in [2.05, 4.69) is 9.80 Å². The van der Waals surface area contributed by atoms with Gasteiger partial charge < -0.3 is 14.5 Å². The highest BCUT2D eigenvalue weighted by Crippen LogP contribution is 2.30. The molecule has 0 saturated carbocycles. The molecule has 1 aliphatic heterocycles. The van der Waals surface area contributed by atoms with Crippen LogP contribution >= 0.6 is 11.6 Å². The number of benzene rings is 1. The first-order valence-electron chi connectivity index (χ1n) is 9.44. The molecule has 0 spiro atoms. The van der Waals surface area contributed by atoms with E-state index in [0.29, 0.717) is 6.54 Å². The second kappa shape index (κ2) is 9.11. The lowest BCUT2D eigenvalue weighted by Gasteiger charge is -2.37. The van der Waals surface area contributed by atoms with Crippen molar-refractivity contribution >= 4 is 23.4 Å². The van der Waals surface area contributed by atoms with E-state index < -0.39 is 11.4 Å². The molecule has 1 aliphatic rings. The molecule has 1 atom stereocenters. The number of halogens is 2. The zero-order valence-corrected chi connectivity index (χ0v) is 17.7. The first-order chi connectivity index (χ1) is 12.6. The molecule has 1 amide bonds. The van der Waals surface area contributed by atoms with Crippen LogP contribution in [-0.2, 0) is 4.74 Å². The highest BCUT2D eigenvalue weighted by atomic mass is 35.5. The van der Waals surface area contributed by atoms with Gasteiger partial charge in [-0.1, -0.05) is 11.6 Å². The van der Waals surface area contributed by atoms with Gasteiger partial charge in [-0.2, -0.15) is 0 Å². The summed E-state index contributed by atoms with van der Waals surface area (Å²) in [6.45, 7) is 7.91. The number of ether oxygens (including phenoxy) is 1. The Labute approximate surface area is 167 Å². The molecule has 0 bridgehead atoms. The van der Waals surface area contributed by atoms with E-state index in [-0.39, 0.29) is 17.3 Å². The van der Waals surface area contributed by atoms with Gasteiger partial charge in [0.2, 0.25) is 0 Å². The van der Waals surface area contributed by atoms with Crippen molar-refractivity contribution in [3.63, 3.8) is 0 Å². The van der Waals surface area contributed by atoms with Gasteiger partial charge in [-0.05, 0) is 78.9 Å². The summed E-state index contributed by atoms with van der Waals surface area (Å²) in [5.74, 6) is -0.441. The van der Waals surface area contributed by atoms with E-state index in [1.165, 1.54) is 6.07 Å². The summed E-state index contributed by atoms with van der Waals surface area (Å²) >= 11 is 6.02. The van der Waals surface area contributed by atoms with Gasteiger partial charge in [-0.3, -0.25) is 4.90 Å². The minimum Gasteiger partial charge on any atom is -0.444 e. The van der Waals surface area contributed by atoms with Gasteiger partial charge in [0, 0.05) is 18.8 Å². The van der Waals surface area contributed by atoms with Crippen molar-refractivity contribution in [3.05, 3.63) is 29.0 Å². The van der Waals surface area contributed by atoms with Gasteiger partial charge in [0.25, 0.3) is 0 Å². The van der Waals surface area contributed by atoms with Crippen molar-refractivity contribution < 1.29 is 13.9 Å². The lowest BCUT2D eigenvalue weighted by Crippen LogP contribution is -2.49. The smallest absolute Gasteiger partial charge is 0.411 e. The quantitative estimate of drug-likeness (QED) is 0.700. The molecule has 152 valence electrons. The minimum atomic E-state index is -0.543. The molecule has 0 radical (unpaired) electrons. The number of hydrogen-bond acceptors (Lipinski definition) is 4. The van der Waals surface area contributed by atoms with Crippen molar-refractivity contribution in [1.82, 2.24) is 9.80 Å². The fourth-order valence-corrected chi connectivity index (χ4v) is 3.45. The maximum atomic E-state index is 13.6. The van der Waals surface area contributed by atoms with Gasteiger partial charge in [-0.15, -0.1) is 0 Å². The SMILES string of the molecule is CN(C)CCCN(c1ccc(F)c(Cl)c1)[C@@H]1CCCN1C(=O)OC(C)(C)C. The van der Waals surface area contributed by atoms with Crippen molar-refractivity contribution in [2.24, 2.45) is 0 Å². The van der Waals surface area contributed by atoms with Crippen LogP contribution < -0.4 is 4.90 Å². The average Bonchev–Trinajstić information content (AvgIpc) is 3.02. The second-order valence-electron chi connectivity index (χ2n) is 8.25. The molecule has 0 aliphatic carbocycles. The second-order valence-corrected chi connectivity index (χ2v) is 8.65. The maximum Gasteiger partial charge on any atom is 0.411 e. The largest absolute Gasteiger partial charge is 0.444 e. The fraction of sp³-hybridized carbons (Fsp3) is 0.650. The molecule has 27 heavy (non-hydrogen) atoms. The van der Waals surface area contributed by atoms with Crippen molar-refractivity contribution in [2.75, 3.05) is 38.6 Å². The molecule has 0 aromatic heterocycles. The van der Waals surface area contributed by atoms with Crippen molar-refractivity contribution in [1.29, 1.82) is 0 Å². The maximum absolute atomic E-state index is 13.6. The van der Waals surface area contributed by atoms with Crippen LogP contribution in [0.3, 0.4) is 0 Å². The topological polar surface area (TPSA) is 36.0 Å². The highest BCUT2D eigenvalue weighted by Gasteiger charge is 2.36. The van der Waals surface area contributed by atoms with Crippen molar-refractivity contribution in [2.45, 2.75) is 51.8 Å². The normalized spacial score (nSPS) is 17.5. The van der Waals surface area contributed by atoms with Crippen molar-refractivity contribution in [3.8, 4) is 0 Å². The van der Waals surface area contributed by atoms with E-state index in [4.69, 9.17) is 16.3 Å². The van der Waals surface area contributed by atoms with E-state index in [9.17, 15) is 9.18 Å². The molecular weight excluding hydrogens is 369 g/mol. The van der Waals surface area contributed by atoms with E-state index in [1.54, 1.807) is 17.0 Å². The van der Waals surface area contributed by atoms with Crippen LogP contribution in [0.2, 0.25) is 5.02 Å². The summed E-state index contributed by atoms with van der Waals surface area (Å²) in [5, 5.41) is 0.0897. The zero-order chi connectivity index (χ0) is 20.2. The number of amides is 1. The Morgan fingerprint density at radius 2 is 2.04 bits per heavy atom. The van der Waals surface area contributed by atoms with Crippen LogP contribution in [0.1, 0.15) is 40.0 Å². The van der Waals surface area contributed by atoms with Crippen LogP contribution in [0.15, 0.2) is 18.2 Å². The molecular formula is C20H31ClFN3O2.